The molecular weight excluding hydrogens is 384 g/mol. The summed E-state index contributed by atoms with van der Waals surface area (Å²) in [4.78, 5) is 0. The molecule has 1 heterocycles. The number of rotatable bonds is 2. The van der Waals surface area contributed by atoms with Gasteiger partial charge < -0.3 is 5.11 Å². The standard InChI is InChI=1S/C10H8Br2N4OS/c1-5-14-15-10(18)16(5)13-4-6-2-7(11)3-8(12)9(6)17/h2-4,17H,1H3,(H,15,18)/b13-4+. The molecule has 0 spiro atoms. The van der Waals surface area contributed by atoms with Gasteiger partial charge >= 0.3 is 0 Å². The van der Waals surface area contributed by atoms with Gasteiger partial charge in [0.15, 0.2) is 0 Å². The summed E-state index contributed by atoms with van der Waals surface area (Å²) in [5.74, 6) is 0.763. The van der Waals surface area contributed by atoms with E-state index in [1.165, 1.54) is 10.9 Å². The van der Waals surface area contributed by atoms with Gasteiger partial charge in [-0.15, -0.1) is 0 Å². The molecule has 0 aliphatic carbocycles. The second kappa shape index (κ2) is 5.33. The Kier molecular flexibility index (Phi) is 3.98. The van der Waals surface area contributed by atoms with Crippen molar-refractivity contribution in [1.29, 1.82) is 0 Å². The van der Waals surface area contributed by atoms with Crippen LogP contribution in [0.15, 0.2) is 26.2 Å². The van der Waals surface area contributed by atoms with Crippen LogP contribution >= 0.6 is 44.1 Å². The minimum absolute atomic E-state index is 0.120. The smallest absolute Gasteiger partial charge is 0.216 e. The Morgan fingerprint density at radius 2 is 2.22 bits per heavy atom. The van der Waals surface area contributed by atoms with Crippen LogP contribution in [0.5, 0.6) is 5.75 Å². The van der Waals surface area contributed by atoms with Crippen molar-refractivity contribution in [3.63, 3.8) is 0 Å². The number of hydrogen-bond acceptors (Lipinski definition) is 4. The van der Waals surface area contributed by atoms with Crippen molar-refractivity contribution in [2.45, 2.75) is 6.92 Å². The van der Waals surface area contributed by atoms with E-state index in [9.17, 15) is 5.11 Å². The minimum atomic E-state index is 0.120. The van der Waals surface area contributed by atoms with Gasteiger partial charge in [-0.2, -0.15) is 14.9 Å². The van der Waals surface area contributed by atoms with E-state index < -0.39 is 0 Å². The van der Waals surface area contributed by atoms with Gasteiger partial charge in [-0.05, 0) is 47.2 Å². The third-order valence-corrected chi connectivity index (χ3v) is 3.51. The lowest BCUT2D eigenvalue weighted by atomic mass is 10.2. The summed E-state index contributed by atoms with van der Waals surface area (Å²) in [5, 5.41) is 20.6. The molecule has 2 aromatic rings. The van der Waals surface area contributed by atoms with Gasteiger partial charge in [-0.25, -0.2) is 0 Å². The zero-order valence-corrected chi connectivity index (χ0v) is 13.2. The molecule has 2 N–H and O–H groups in total. The summed E-state index contributed by atoms with van der Waals surface area (Å²) in [6, 6.07) is 3.50. The monoisotopic (exact) mass is 390 g/mol. The van der Waals surface area contributed by atoms with Crippen LogP contribution < -0.4 is 0 Å². The van der Waals surface area contributed by atoms with Crippen LogP contribution in [-0.4, -0.2) is 26.2 Å². The molecule has 0 bridgehead atoms. The lowest BCUT2D eigenvalue weighted by Gasteiger charge is -2.02. The highest BCUT2D eigenvalue weighted by Crippen LogP contribution is 2.30. The summed E-state index contributed by atoms with van der Waals surface area (Å²) < 4.78 is 3.30. The average molecular weight is 392 g/mol. The first kappa shape index (κ1) is 13.4. The van der Waals surface area contributed by atoms with Crippen LogP contribution in [0, 0.1) is 11.7 Å². The van der Waals surface area contributed by atoms with E-state index in [1.54, 1.807) is 19.1 Å². The van der Waals surface area contributed by atoms with E-state index >= 15 is 0 Å². The molecule has 0 aliphatic rings. The fraction of sp³-hybridized carbons (Fsp3) is 0.100. The first-order chi connectivity index (χ1) is 8.49. The van der Waals surface area contributed by atoms with E-state index in [-0.39, 0.29) is 5.75 Å². The second-order valence-corrected chi connectivity index (χ2v) is 5.61. The van der Waals surface area contributed by atoms with Crippen molar-refractivity contribution < 1.29 is 5.11 Å². The molecule has 1 aromatic heterocycles. The average Bonchev–Trinajstić information content (AvgIpc) is 2.62. The fourth-order valence-corrected chi connectivity index (χ4v) is 2.79. The third kappa shape index (κ3) is 2.70. The molecule has 0 amide bonds. The van der Waals surface area contributed by atoms with E-state index in [0.717, 1.165) is 4.47 Å². The lowest BCUT2D eigenvalue weighted by molar-refractivity contribution is 0.471. The number of aromatic amines is 1. The summed E-state index contributed by atoms with van der Waals surface area (Å²) in [5.41, 5.74) is 0.568. The number of halogens is 2. The van der Waals surface area contributed by atoms with Crippen LogP contribution in [0.3, 0.4) is 0 Å². The molecule has 5 nitrogen and oxygen atoms in total. The second-order valence-electron chi connectivity index (χ2n) is 3.46. The Balaban J connectivity index is 2.44. The molecule has 2 rings (SSSR count). The largest absolute Gasteiger partial charge is 0.506 e. The molecule has 0 atom stereocenters. The Morgan fingerprint density at radius 3 is 2.83 bits per heavy atom. The van der Waals surface area contributed by atoms with Crippen molar-refractivity contribution in [2.75, 3.05) is 0 Å². The molecule has 0 radical (unpaired) electrons. The highest BCUT2D eigenvalue weighted by molar-refractivity contribution is 9.11. The molecule has 1 aromatic carbocycles. The van der Waals surface area contributed by atoms with Crippen molar-refractivity contribution >= 4 is 50.3 Å². The van der Waals surface area contributed by atoms with Gasteiger partial charge in [0.05, 0.1) is 10.7 Å². The molecule has 0 saturated heterocycles. The third-order valence-electron chi connectivity index (χ3n) is 2.18. The number of nitrogens with one attached hydrogen (secondary N) is 1. The number of benzene rings is 1. The number of aromatic hydroxyl groups is 1. The number of phenolic OH excluding ortho intramolecular Hbond substituents is 1. The normalized spacial score (nSPS) is 11.3. The molecule has 18 heavy (non-hydrogen) atoms. The molecule has 8 heteroatoms. The summed E-state index contributed by atoms with van der Waals surface area (Å²) in [6.45, 7) is 1.78. The van der Waals surface area contributed by atoms with Gasteiger partial charge in [0.1, 0.15) is 11.6 Å². The maximum absolute atomic E-state index is 9.87. The Morgan fingerprint density at radius 1 is 1.50 bits per heavy atom. The minimum Gasteiger partial charge on any atom is -0.506 e. The van der Waals surface area contributed by atoms with E-state index in [4.69, 9.17) is 12.2 Å². The van der Waals surface area contributed by atoms with Gasteiger partial charge in [0, 0.05) is 10.0 Å². The zero-order chi connectivity index (χ0) is 13.3. The van der Waals surface area contributed by atoms with Crippen molar-refractivity contribution in [3.8, 4) is 5.75 Å². The maximum atomic E-state index is 9.87. The van der Waals surface area contributed by atoms with Gasteiger partial charge in [-0.1, -0.05) is 15.9 Å². The molecule has 0 saturated carbocycles. The lowest BCUT2D eigenvalue weighted by Crippen LogP contribution is -1.94. The molecule has 0 aliphatic heterocycles. The Bertz CT molecular complexity index is 677. The predicted octanol–water partition coefficient (Wildman–Crippen LogP) is 3.36. The van der Waals surface area contributed by atoms with Crippen molar-refractivity contribution in [3.05, 3.63) is 37.2 Å². The number of H-pyrrole nitrogens is 1. The summed E-state index contributed by atoms with van der Waals surface area (Å²) in [7, 11) is 0. The van der Waals surface area contributed by atoms with Crippen LogP contribution in [0.1, 0.15) is 11.4 Å². The van der Waals surface area contributed by atoms with Crippen LogP contribution in [0.25, 0.3) is 0 Å². The SMILES string of the molecule is Cc1n[nH]c(=S)n1/N=C/c1cc(Br)cc(Br)c1O. The predicted molar refractivity (Wildman–Crippen MR) is 78.6 cm³/mol. The zero-order valence-electron chi connectivity index (χ0n) is 9.19. The van der Waals surface area contributed by atoms with E-state index in [1.807, 2.05) is 0 Å². The Hall–Kier alpha value is -0.990. The molecule has 94 valence electrons. The maximum Gasteiger partial charge on any atom is 0.216 e. The quantitative estimate of drug-likeness (QED) is 0.609. The molecule has 0 unspecified atom stereocenters. The van der Waals surface area contributed by atoms with Gasteiger partial charge in [0.25, 0.3) is 0 Å². The fourth-order valence-electron chi connectivity index (χ4n) is 1.31. The number of aromatic nitrogens is 3. The Labute approximate surface area is 125 Å². The van der Waals surface area contributed by atoms with Gasteiger partial charge in [0.2, 0.25) is 4.77 Å². The number of hydrogen-bond donors (Lipinski definition) is 2. The van der Waals surface area contributed by atoms with Crippen LogP contribution in [0.4, 0.5) is 0 Å². The highest BCUT2D eigenvalue weighted by Gasteiger charge is 2.06. The first-order valence-corrected chi connectivity index (χ1v) is 6.85. The number of nitrogens with zero attached hydrogens (tertiary/aromatic N) is 3. The van der Waals surface area contributed by atoms with E-state index in [2.05, 4.69) is 47.2 Å². The van der Waals surface area contributed by atoms with Gasteiger partial charge in [-0.3, -0.25) is 5.10 Å². The topological polar surface area (TPSA) is 66.2 Å². The number of aryl methyl sites for hydroxylation is 1. The van der Waals surface area contributed by atoms with Crippen LogP contribution in [-0.2, 0) is 0 Å². The summed E-state index contributed by atoms with van der Waals surface area (Å²) in [6.07, 6.45) is 1.52. The molecular formula is C10H8Br2N4OS. The van der Waals surface area contributed by atoms with E-state index in [0.29, 0.717) is 20.6 Å². The first-order valence-electron chi connectivity index (χ1n) is 4.85. The highest BCUT2D eigenvalue weighted by atomic mass is 79.9. The van der Waals surface area contributed by atoms with Crippen molar-refractivity contribution in [2.24, 2.45) is 5.10 Å². The number of phenols is 1. The summed E-state index contributed by atoms with van der Waals surface area (Å²) >= 11 is 11.6. The molecule has 0 fully saturated rings. The van der Waals surface area contributed by atoms with Crippen LogP contribution in [0.2, 0.25) is 0 Å². The van der Waals surface area contributed by atoms with Crippen molar-refractivity contribution in [1.82, 2.24) is 14.9 Å².